The zero-order valence-corrected chi connectivity index (χ0v) is 10.8. The first-order valence-electron chi connectivity index (χ1n) is 6.79. The standard InChI is InChI=1S/C14H22N2O2/c17-10-9-16(13-6-2-1-3-7-13)14-8-4-5-12(11-18)15-14/h4-5,8,13,17-18H,1-3,6-7,9-11H2. The van der Waals surface area contributed by atoms with Crippen molar-refractivity contribution in [1.82, 2.24) is 4.98 Å². The third kappa shape index (κ3) is 3.21. The molecule has 1 heterocycles. The second kappa shape index (κ2) is 6.71. The highest BCUT2D eigenvalue weighted by Gasteiger charge is 2.21. The van der Waals surface area contributed by atoms with Crippen LogP contribution in [-0.4, -0.2) is 34.4 Å². The average Bonchev–Trinajstić information content (AvgIpc) is 2.46. The Morgan fingerprint density at radius 1 is 1.17 bits per heavy atom. The summed E-state index contributed by atoms with van der Waals surface area (Å²) in [6, 6.07) is 6.18. The molecule has 1 saturated carbocycles. The quantitative estimate of drug-likeness (QED) is 0.835. The summed E-state index contributed by atoms with van der Waals surface area (Å²) in [5, 5.41) is 18.4. The lowest BCUT2D eigenvalue weighted by Gasteiger charge is -2.35. The van der Waals surface area contributed by atoms with E-state index in [1.165, 1.54) is 32.1 Å². The normalized spacial score (nSPS) is 16.8. The van der Waals surface area contributed by atoms with Gasteiger partial charge in [-0.15, -0.1) is 0 Å². The lowest BCUT2D eigenvalue weighted by atomic mass is 9.94. The van der Waals surface area contributed by atoms with Gasteiger partial charge in [0.25, 0.3) is 0 Å². The number of hydrogen-bond donors (Lipinski definition) is 2. The minimum atomic E-state index is -0.0362. The van der Waals surface area contributed by atoms with Crippen molar-refractivity contribution in [2.45, 2.75) is 44.8 Å². The predicted molar refractivity (Wildman–Crippen MR) is 71.5 cm³/mol. The predicted octanol–water partition coefficient (Wildman–Crippen LogP) is 1.71. The molecule has 1 aromatic rings. The van der Waals surface area contributed by atoms with Crippen LogP contribution in [0.1, 0.15) is 37.8 Å². The van der Waals surface area contributed by atoms with Crippen LogP contribution in [-0.2, 0) is 6.61 Å². The molecule has 0 saturated heterocycles. The van der Waals surface area contributed by atoms with Crippen molar-refractivity contribution in [2.75, 3.05) is 18.1 Å². The molecule has 1 aromatic heterocycles. The van der Waals surface area contributed by atoms with E-state index >= 15 is 0 Å². The molecule has 0 aromatic carbocycles. The molecular formula is C14H22N2O2. The van der Waals surface area contributed by atoms with Crippen molar-refractivity contribution < 1.29 is 10.2 Å². The highest BCUT2D eigenvalue weighted by atomic mass is 16.3. The topological polar surface area (TPSA) is 56.6 Å². The molecule has 1 fully saturated rings. The molecule has 2 N–H and O–H groups in total. The van der Waals surface area contributed by atoms with Crippen LogP contribution in [0.25, 0.3) is 0 Å². The summed E-state index contributed by atoms with van der Waals surface area (Å²) in [5.41, 5.74) is 0.686. The van der Waals surface area contributed by atoms with Gasteiger partial charge in [-0.2, -0.15) is 0 Å². The van der Waals surface area contributed by atoms with Gasteiger partial charge >= 0.3 is 0 Å². The van der Waals surface area contributed by atoms with Gasteiger partial charge in [0, 0.05) is 12.6 Å². The summed E-state index contributed by atoms with van der Waals surface area (Å²) in [7, 11) is 0. The van der Waals surface area contributed by atoms with Gasteiger partial charge in [0.1, 0.15) is 5.82 Å². The molecule has 0 atom stereocenters. The fourth-order valence-electron chi connectivity index (χ4n) is 2.70. The fourth-order valence-corrected chi connectivity index (χ4v) is 2.70. The first kappa shape index (κ1) is 13.3. The van der Waals surface area contributed by atoms with Crippen molar-refractivity contribution >= 4 is 5.82 Å². The second-order valence-electron chi connectivity index (χ2n) is 4.85. The molecule has 0 aliphatic heterocycles. The van der Waals surface area contributed by atoms with E-state index in [2.05, 4.69) is 9.88 Å². The van der Waals surface area contributed by atoms with Gasteiger partial charge in [0.2, 0.25) is 0 Å². The number of hydrogen-bond acceptors (Lipinski definition) is 4. The summed E-state index contributed by atoms with van der Waals surface area (Å²) in [6.07, 6.45) is 6.17. The maximum Gasteiger partial charge on any atom is 0.129 e. The Kier molecular flexibility index (Phi) is 4.96. The van der Waals surface area contributed by atoms with Gasteiger partial charge < -0.3 is 15.1 Å². The Hall–Kier alpha value is -1.13. The number of rotatable bonds is 5. The SMILES string of the molecule is OCCN(c1cccc(CO)n1)C1CCCCC1. The van der Waals surface area contributed by atoms with Crippen molar-refractivity contribution in [1.29, 1.82) is 0 Å². The van der Waals surface area contributed by atoms with Gasteiger partial charge in [-0.05, 0) is 25.0 Å². The molecule has 2 rings (SSSR count). The molecule has 0 radical (unpaired) electrons. The van der Waals surface area contributed by atoms with E-state index in [1.807, 2.05) is 18.2 Å². The fraction of sp³-hybridized carbons (Fsp3) is 0.643. The molecule has 0 bridgehead atoms. The van der Waals surface area contributed by atoms with Crippen molar-refractivity contribution in [2.24, 2.45) is 0 Å². The first-order chi connectivity index (χ1) is 8.85. The Labute approximate surface area is 108 Å². The number of pyridine rings is 1. The number of nitrogens with zero attached hydrogens (tertiary/aromatic N) is 2. The van der Waals surface area contributed by atoms with Gasteiger partial charge in [-0.1, -0.05) is 25.3 Å². The molecule has 1 aliphatic rings. The smallest absolute Gasteiger partial charge is 0.129 e. The van der Waals surface area contributed by atoms with E-state index in [4.69, 9.17) is 5.11 Å². The van der Waals surface area contributed by atoms with E-state index in [0.717, 1.165) is 5.82 Å². The third-order valence-corrected chi connectivity index (χ3v) is 3.60. The number of aliphatic hydroxyl groups is 2. The minimum absolute atomic E-state index is 0.0362. The summed E-state index contributed by atoms with van der Waals surface area (Å²) < 4.78 is 0. The van der Waals surface area contributed by atoms with Crippen LogP contribution in [0, 0.1) is 0 Å². The molecule has 0 amide bonds. The van der Waals surface area contributed by atoms with Crippen molar-refractivity contribution in [3.05, 3.63) is 23.9 Å². The Bertz CT molecular complexity index is 365. The Balaban J connectivity index is 2.16. The molecule has 0 spiro atoms. The highest BCUT2D eigenvalue weighted by molar-refractivity contribution is 5.40. The van der Waals surface area contributed by atoms with Crippen LogP contribution in [0.15, 0.2) is 18.2 Å². The summed E-state index contributed by atoms with van der Waals surface area (Å²) in [5.74, 6) is 0.877. The second-order valence-corrected chi connectivity index (χ2v) is 4.85. The van der Waals surface area contributed by atoms with E-state index in [1.54, 1.807) is 0 Å². The summed E-state index contributed by atoms with van der Waals surface area (Å²) >= 11 is 0. The van der Waals surface area contributed by atoms with E-state index < -0.39 is 0 Å². The maximum absolute atomic E-state index is 9.24. The number of aromatic nitrogens is 1. The molecule has 18 heavy (non-hydrogen) atoms. The van der Waals surface area contributed by atoms with Gasteiger partial charge in [0.05, 0.1) is 18.9 Å². The third-order valence-electron chi connectivity index (χ3n) is 3.60. The van der Waals surface area contributed by atoms with Crippen LogP contribution in [0.2, 0.25) is 0 Å². The van der Waals surface area contributed by atoms with E-state index in [0.29, 0.717) is 18.3 Å². The van der Waals surface area contributed by atoms with Crippen molar-refractivity contribution in [3.8, 4) is 0 Å². The van der Waals surface area contributed by atoms with Gasteiger partial charge in [-0.25, -0.2) is 4.98 Å². The minimum Gasteiger partial charge on any atom is -0.395 e. The lowest BCUT2D eigenvalue weighted by molar-refractivity contribution is 0.276. The van der Waals surface area contributed by atoms with Crippen LogP contribution < -0.4 is 4.90 Å². The largest absolute Gasteiger partial charge is 0.395 e. The maximum atomic E-state index is 9.24. The van der Waals surface area contributed by atoms with E-state index in [9.17, 15) is 5.11 Å². The zero-order chi connectivity index (χ0) is 12.8. The van der Waals surface area contributed by atoms with Crippen LogP contribution in [0.4, 0.5) is 5.82 Å². The first-order valence-corrected chi connectivity index (χ1v) is 6.79. The van der Waals surface area contributed by atoms with Crippen LogP contribution in [0.5, 0.6) is 0 Å². The molecule has 4 nitrogen and oxygen atoms in total. The van der Waals surface area contributed by atoms with Crippen LogP contribution >= 0.6 is 0 Å². The zero-order valence-electron chi connectivity index (χ0n) is 10.8. The number of aliphatic hydroxyl groups excluding tert-OH is 2. The van der Waals surface area contributed by atoms with Gasteiger partial charge in [0.15, 0.2) is 0 Å². The monoisotopic (exact) mass is 250 g/mol. The highest BCUT2D eigenvalue weighted by Crippen LogP contribution is 2.26. The number of anilines is 1. The summed E-state index contributed by atoms with van der Waals surface area (Å²) in [4.78, 5) is 6.64. The Morgan fingerprint density at radius 2 is 1.94 bits per heavy atom. The lowest BCUT2D eigenvalue weighted by Crippen LogP contribution is -2.39. The molecule has 0 unspecified atom stereocenters. The molecule has 1 aliphatic carbocycles. The summed E-state index contributed by atoms with van der Waals surface area (Å²) in [6.45, 7) is 0.722. The molecule has 100 valence electrons. The van der Waals surface area contributed by atoms with E-state index in [-0.39, 0.29) is 13.2 Å². The van der Waals surface area contributed by atoms with Crippen LogP contribution in [0.3, 0.4) is 0 Å². The molecule has 4 heteroatoms. The molecular weight excluding hydrogens is 228 g/mol. The van der Waals surface area contributed by atoms with Gasteiger partial charge in [-0.3, -0.25) is 0 Å². The Morgan fingerprint density at radius 3 is 2.61 bits per heavy atom. The van der Waals surface area contributed by atoms with Crippen molar-refractivity contribution in [3.63, 3.8) is 0 Å². The average molecular weight is 250 g/mol.